The first-order chi connectivity index (χ1) is 17.5. The van der Waals surface area contributed by atoms with E-state index in [4.69, 9.17) is 5.73 Å². The Morgan fingerprint density at radius 3 is 2.29 bits per heavy atom. The molecular weight excluding hydrogens is 490 g/mol. The number of phenolic OH excluding ortho intramolecular Hbond substituents is 1. The minimum absolute atomic E-state index is 0.0115. The lowest BCUT2D eigenvalue weighted by Gasteiger charge is -2.48. The average Bonchev–Trinajstić information content (AvgIpc) is 2.78. The summed E-state index contributed by atoms with van der Waals surface area (Å²) >= 11 is 0. The third-order valence-corrected chi connectivity index (χ3v) is 8.46. The standard InChI is InChI=1S/C29H35NO8/c1-12(2)6-7-18(31)15-11-17(28(3,4)5)23(33)21-16(15)9-13-8-14-10-19(32)22(27(30)37)26(36)29(14,38)25(35)20(13)24(21)34/h11-14,20,22,33,38H,6-10H2,1-5H3,(H2,30,37)/t13-,14+,20?,22?,29+/m1/s1. The highest BCUT2D eigenvalue weighted by Gasteiger charge is 2.66. The van der Waals surface area contributed by atoms with Gasteiger partial charge >= 0.3 is 0 Å². The molecule has 4 N–H and O–H groups in total. The molecule has 0 heterocycles. The maximum Gasteiger partial charge on any atom is 0.235 e. The molecule has 5 atom stereocenters. The summed E-state index contributed by atoms with van der Waals surface area (Å²) in [6, 6.07) is 1.64. The Morgan fingerprint density at radius 1 is 1.11 bits per heavy atom. The van der Waals surface area contributed by atoms with Gasteiger partial charge in [0, 0.05) is 29.9 Å². The third-order valence-electron chi connectivity index (χ3n) is 8.46. The molecule has 0 aliphatic heterocycles. The second-order valence-electron chi connectivity index (χ2n) is 12.5. The molecule has 1 aromatic carbocycles. The lowest BCUT2D eigenvalue weighted by Crippen LogP contribution is -2.68. The SMILES string of the molecule is CC(C)CCC(=O)c1cc(C(C)(C)C)c(O)c2c1C[C@H]1C[C@H]3CC(=O)C(C(N)=O)C(=O)[C@@]3(O)C(=O)C1C2=O. The number of rotatable bonds is 5. The fourth-order valence-electron chi connectivity index (χ4n) is 6.41. The van der Waals surface area contributed by atoms with Gasteiger partial charge in [0.15, 0.2) is 40.4 Å². The molecule has 2 saturated carbocycles. The molecule has 0 saturated heterocycles. The van der Waals surface area contributed by atoms with E-state index in [1.807, 2.05) is 34.6 Å². The van der Waals surface area contributed by atoms with Crippen molar-refractivity contribution in [2.45, 2.75) is 77.7 Å². The number of primary amides is 1. The van der Waals surface area contributed by atoms with Gasteiger partial charge in [-0.3, -0.25) is 28.8 Å². The Bertz CT molecular complexity index is 1290. The topological polar surface area (TPSA) is 169 Å². The molecule has 0 radical (unpaired) electrons. The zero-order valence-electron chi connectivity index (χ0n) is 22.4. The predicted octanol–water partition coefficient (Wildman–Crippen LogP) is 2.24. The molecule has 9 heteroatoms. The van der Waals surface area contributed by atoms with Crippen LogP contribution in [0.4, 0.5) is 0 Å². The van der Waals surface area contributed by atoms with Gasteiger partial charge in [-0.25, -0.2) is 0 Å². The van der Waals surface area contributed by atoms with E-state index in [0.29, 0.717) is 23.1 Å². The van der Waals surface area contributed by atoms with Crippen molar-refractivity contribution in [3.8, 4) is 5.75 Å². The van der Waals surface area contributed by atoms with Crippen LogP contribution >= 0.6 is 0 Å². The van der Waals surface area contributed by atoms with E-state index in [-0.39, 0.29) is 42.3 Å². The van der Waals surface area contributed by atoms with Gasteiger partial charge in [-0.2, -0.15) is 0 Å². The highest BCUT2D eigenvalue weighted by atomic mass is 16.3. The van der Waals surface area contributed by atoms with Crippen LogP contribution in [-0.2, 0) is 31.0 Å². The molecule has 0 spiro atoms. The maximum atomic E-state index is 13.9. The fraction of sp³-hybridized carbons (Fsp3) is 0.586. The van der Waals surface area contributed by atoms with E-state index in [1.54, 1.807) is 6.07 Å². The number of Topliss-reactive ketones (excluding diaryl/α,β-unsaturated/α-hetero) is 5. The number of fused-ring (bicyclic) bond motifs is 3. The monoisotopic (exact) mass is 525 g/mol. The Kier molecular flexibility index (Phi) is 6.75. The number of phenols is 1. The van der Waals surface area contributed by atoms with Gasteiger partial charge in [0.2, 0.25) is 5.91 Å². The van der Waals surface area contributed by atoms with Gasteiger partial charge in [0.25, 0.3) is 0 Å². The third kappa shape index (κ3) is 4.11. The maximum absolute atomic E-state index is 13.9. The van der Waals surface area contributed by atoms with Crippen LogP contribution in [-0.4, -0.2) is 50.6 Å². The van der Waals surface area contributed by atoms with Gasteiger partial charge < -0.3 is 15.9 Å². The van der Waals surface area contributed by atoms with E-state index in [1.165, 1.54) is 0 Å². The summed E-state index contributed by atoms with van der Waals surface area (Å²) in [6.07, 6.45) is 0.562. The summed E-state index contributed by atoms with van der Waals surface area (Å²) in [5.41, 5.74) is 2.82. The van der Waals surface area contributed by atoms with Gasteiger partial charge in [-0.1, -0.05) is 34.6 Å². The summed E-state index contributed by atoms with van der Waals surface area (Å²) in [4.78, 5) is 78.4. The van der Waals surface area contributed by atoms with Gasteiger partial charge in [0.1, 0.15) is 5.75 Å². The number of hydrogen-bond acceptors (Lipinski definition) is 8. The van der Waals surface area contributed by atoms with Crippen molar-refractivity contribution in [2.75, 3.05) is 0 Å². The number of aromatic hydroxyl groups is 1. The first-order valence-corrected chi connectivity index (χ1v) is 13.1. The van der Waals surface area contributed by atoms with Crippen LogP contribution in [0.25, 0.3) is 0 Å². The van der Waals surface area contributed by atoms with Crippen LogP contribution in [0.5, 0.6) is 5.75 Å². The minimum atomic E-state index is -2.70. The van der Waals surface area contributed by atoms with E-state index >= 15 is 0 Å². The first kappa shape index (κ1) is 27.8. The Labute approximate surface area is 221 Å². The second-order valence-corrected chi connectivity index (χ2v) is 12.5. The van der Waals surface area contributed by atoms with E-state index in [0.717, 1.165) is 0 Å². The quantitative estimate of drug-likeness (QED) is 0.388. The molecule has 204 valence electrons. The smallest absolute Gasteiger partial charge is 0.235 e. The molecule has 1 amide bonds. The van der Waals surface area contributed by atoms with Crippen LogP contribution in [0.2, 0.25) is 0 Å². The van der Waals surface area contributed by atoms with Crippen LogP contribution < -0.4 is 5.73 Å². The van der Waals surface area contributed by atoms with Gasteiger partial charge in [-0.15, -0.1) is 0 Å². The minimum Gasteiger partial charge on any atom is -0.507 e. The van der Waals surface area contributed by atoms with Crippen molar-refractivity contribution in [3.05, 3.63) is 28.3 Å². The van der Waals surface area contributed by atoms with Crippen LogP contribution in [0.15, 0.2) is 6.07 Å². The van der Waals surface area contributed by atoms with Crippen LogP contribution in [0, 0.1) is 29.6 Å². The van der Waals surface area contributed by atoms with E-state index in [9.17, 15) is 39.0 Å². The lowest BCUT2D eigenvalue weighted by atomic mass is 9.53. The number of carbonyl (C=O) groups is 6. The van der Waals surface area contributed by atoms with Crippen molar-refractivity contribution >= 4 is 34.8 Å². The number of ketones is 5. The highest BCUT2D eigenvalue weighted by Crippen LogP contribution is 2.51. The lowest BCUT2D eigenvalue weighted by molar-refractivity contribution is -0.175. The summed E-state index contributed by atoms with van der Waals surface area (Å²) in [6.45, 7) is 9.48. The number of carbonyl (C=O) groups excluding carboxylic acids is 6. The molecule has 0 bridgehead atoms. The molecule has 3 aliphatic rings. The van der Waals surface area contributed by atoms with Crippen molar-refractivity contribution in [3.63, 3.8) is 0 Å². The molecule has 0 aromatic heterocycles. The normalized spacial score (nSPS) is 29.1. The van der Waals surface area contributed by atoms with Gasteiger partial charge in [-0.05, 0) is 48.1 Å². The number of hydrogen-bond donors (Lipinski definition) is 3. The first-order valence-electron chi connectivity index (χ1n) is 13.1. The van der Waals surface area contributed by atoms with E-state index < -0.39 is 70.1 Å². The summed E-state index contributed by atoms with van der Waals surface area (Å²) < 4.78 is 0. The predicted molar refractivity (Wildman–Crippen MR) is 136 cm³/mol. The molecule has 38 heavy (non-hydrogen) atoms. The number of nitrogens with two attached hydrogens (primary N) is 1. The Morgan fingerprint density at radius 2 is 1.74 bits per heavy atom. The van der Waals surface area contributed by atoms with Crippen molar-refractivity contribution in [1.82, 2.24) is 0 Å². The van der Waals surface area contributed by atoms with Gasteiger partial charge in [0.05, 0.1) is 11.5 Å². The van der Waals surface area contributed by atoms with Crippen molar-refractivity contribution in [2.24, 2.45) is 35.3 Å². The Balaban J connectivity index is 1.86. The van der Waals surface area contributed by atoms with Crippen LogP contribution in [0.1, 0.15) is 92.1 Å². The van der Waals surface area contributed by atoms with E-state index in [2.05, 4.69) is 0 Å². The second kappa shape index (κ2) is 9.22. The fourth-order valence-corrected chi connectivity index (χ4v) is 6.41. The molecule has 9 nitrogen and oxygen atoms in total. The molecule has 3 aliphatic carbocycles. The molecular formula is C29H35NO8. The average molecular weight is 526 g/mol. The summed E-state index contributed by atoms with van der Waals surface area (Å²) in [7, 11) is 0. The highest BCUT2D eigenvalue weighted by molar-refractivity contribution is 6.31. The number of amides is 1. The molecule has 1 aromatic rings. The number of benzene rings is 1. The van der Waals surface area contributed by atoms with Crippen molar-refractivity contribution < 1.29 is 39.0 Å². The zero-order chi connectivity index (χ0) is 28.5. The molecule has 4 rings (SSSR count). The molecule has 2 unspecified atom stereocenters. The van der Waals surface area contributed by atoms with Crippen LogP contribution in [0.3, 0.4) is 0 Å². The zero-order valence-corrected chi connectivity index (χ0v) is 22.4. The molecule has 2 fully saturated rings. The summed E-state index contributed by atoms with van der Waals surface area (Å²) in [5, 5.41) is 22.6. The summed E-state index contributed by atoms with van der Waals surface area (Å²) in [5.74, 6) is -10.6. The number of aliphatic hydroxyl groups is 1. The largest absolute Gasteiger partial charge is 0.507 e. The Hall–Kier alpha value is -3.20. The van der Waals surface area contributed by atoms with Crippen molar-refractivity contribution in [1.29, 1.82) is 0 Å².